The molecule has 9 nitrogen and oxygen atoms in total. The Morgan fingerprint density at radius 2 is 1.41 bits per heavy atom. The summed E-state index contributed by atoms with van der Waals surface area (Å²) in [5, 5.41) is 9.35. The van der Waals surface area contributed by atoms with Crippen LogP contribution in [0.25, 0.3) is 22.0 Å². The number of carbonyl (C=O) groups is 3. The van der Waals surface area contributed by atoms with Crippen molar-refractivity contribution in [2.24, 2.45) is 0 Å². The molecule has 3 rings (SSSR count). The maximum absolute atomic E-state index is 13.3. The first-order valence-electron chi connectivity index (χ1n) is 13.7. The molecule has 0 fully saturated rings. The number of aromatic amines is 1. The van der Waals surface area contributed by atoms with Gasteiger partial charge in [0.2, 0.25) is 0 Å². The summed E-state index contributed by atoms with van der Waals surface area (Å²) in [4.78, 5) is 40.8. The second kappa shape index (κ2) is 13.1. The van der Waals surface area contributed by atoms with Gasteiger partial charge in [0.25, 0.3) is 5.91 Å². The zero-order valence-electron chi connectivity index (χ0n) is 24.8. The molecule has 0 spiro atoms. The highest BCUT2D eigenvalue weighted by molar-refractivity contribution is 5.98. The number of hydrogen-bond acceptors (Lipinski definition) is 5. The molecule has 0 aliphatic carbocycles. The lowest BCUT2D eigenvalue weighted by molar-refractivity contribution is 0.0476. The van der Waals surface area contributed by atoms with E-state index in [1.807, 2.05) is 25.1 Å². The van der Waals surface area contributed by atoms with Gasteiger partial charge in [0.1, 0.15) is 22.7 Å². The van der Waals surface area contributed by atoms with Crippen molar-refractivity contribution in [3.8, 4) is 11.1 Å². The summed E-state index contributed by atoms with van der Waals surface area (Å²) < 4.78 is 24.0. The maximum Gasteiger partial charge on any atom is 0.407 e. The number of rotatable bonds is 9. The Labute approximate surface area is 240 Å². The van der Waals surface area contributed by atoms with Crippen LogP contribution in [0.2, 0.25) is 0 Å². The number of alkyl carbamates (subject to hydrolysis) is 2. The van der Waals surface area contributed by atoms with Gasteiger partial charge in [-0.15, -0.1) is 0 Å². The summed E-state index contributed by atoms with van der Waals surface area (Å²) >= 11 is 0. The van der Waals surface area contributed by atoms with Gasteiger partial charge < -0.3 is 30.4 Å². The van der Waals surface area contributed by atoms with Crippen LogP contribution in [-0.2, 0) is 9.47 Å². The van der Waals surface area contributed by atoms with Crippen molar-refractivity contribution in [1.82, 2.24) is 20.9 Å². The van der Waals surface area contributed by atoms with Crippen molar-refractivity contribution < 1.29 is 28.2 Å². The number of carbonyl (C=O) groups excluding carboxylic acids is 3. The van der Waals surface area contributed by atoms with Gasteiger partial charge in [-0.3, -0.25) is 4.79 Å². The molecule has 0 bridgehead atoms. The van der Waals surface area contributed by atoms with Gasteiger partial charge >= 0.3 is 12.2 Å². The van der Waals surface area contributed by atoms with Crippen molar-refractivity contribution in [2.75, 3.05) is 6.54 Å². The van der Waals surface area contributed by atoms with Crippen LogP contribution in [0.1, 0.15) is 71.8 Å². The number of hydrogen-bond donors (Lipinski definition) is 4. The molecule has 0 saturated carbocycles. The van der Waals surface area contributed by atoms with E-state index in [4.69, 9.17) is 9.47 Å². The predicted molar refractivity (Wildman–Crippen MR) is 157 cm³/mol. The molecule has 41 heavy (non-hydrogen) atoms. The molecule has 1 aromatic heterocycles. The Kier molecular flexibility index (Phi) is 10.0. The topological polar surface area (TPSA) is 122 Å². The van der Waals surface area contributed by atoms with E-state index in [1.54, 1.807) is 59.7 Å². The maximum atomic E-state index is 13.3. The first-order chi connectivity index (χ1) is 19.1. The minimum Gasteiger partial charge on any atom is -0.444 e. The molecule has 0 aliphatic heterocycles. The Bertz CT molecular complexity index is 1360. The van der Waals surface area contributed by atoms with Crippen LogP contribution in [0.15, 0.2) is 48.5 Å². The highest BCUT2D eigenvalue weighted by Gasteiger charge is 2.22. The largest absolute Gasteiger partial charge is 0.444 e. The van der Waals surface area contributed by atoms with Crippen LogP contribution in [-0.4, -0.2) is 52.9 Å². The van der Waals surface area contributed by atoms with Gasteiger partial charge in [0.15, 0.2) is 0 Å². The quantitative estimate of drug-likeness (QED) is 0.242. The summed E-state index contributed by atoms with van der Waals surface area (Å²) in [5.74, 6) is -0.637. The zero-order valence-corrected chi connectivity index (χ0v) is 24.8. The average Bonchev–Trinajstić information content (AvgIpc) is 3.27. The molecule has 2 atom stereocenters. The number of ether oxygens (including phenoxy) is 2. The molecule has 10 heteroatoms. The summed E-state index contributed by atoms with van der Waals surface area (Å²) in [6.45, 7) is 12.7. The van der Waals surface area contributed by atoms with Crippen LogP contribution >= 0.6 is 0 Å². The Hall–Kier alpha value is -4.08. The monoisotopic (exact) mass is 568 g/mol. The molecule has 1 heterocycles. The molecular weight excluding hydrogens is 527 g/mol. The lowest BCUT2D eigenvalue weighted by Gasteiger charge is -2.25. The third-order valence-corrected chi connectivity index (χ3v) is 5.99. The highest BCUT2D eigenvalue weighted by Crippen LogP contribution is 2.25. The number of fused-ring (bicyclic) bond motifs is 1. The molecule has 2 aromatic carbocycles. The number of halogens is 1. The zero-order chi connectivity index (χ0) is 30.4. The van der Waals surface area contributed by atoms with Crippen molar-refractivity contribution in [1.29, 1.82) is 0 Å². The Morgan fingerprint density at radius 3 is 2.02 bits per heavy atom. The molecule has 0 aliphatic rings. The number of amides is 3. The summed E-state index contributed by atoms with van der Waals surface area (Å²) in [7, 11) is 0. The van der Waals surface area contributed by atoms with Crippen molar-refractivity contribution >= 4 is 29.0 Å². The molecule has 0 radical (unpaired) electrons. The minimum absolute atomic E-state index is 0.146. The minimum atomic E-state index is -0.680. The summed E-state index contributed by atoms with van der Waals surface area (Å²) in [5.41, 5.74) is 1.60. The van der Waals surface area contributed by atoms with E-state index in [-0.39, 0.29) is 24.3 Å². The van der Waals surface area contributed by atoms with E-state index >= 15 is 0 Å². The summed E-state index contributed by atoms with van der Waals surface area (Å²) in [6, 6.07) is 13.0. The number of benzene rings is 2. The fraction of sp³-hybridized carbons (Fsp3) is 0.452. The summed E-state index contributed by atoms with van der Waals surface area (Å²) in [6.07, 6.45) is -0.127. The van der Waals surface area contributed by atoms with E-state index in [1.165, 1.54) is 12.1 Å². The highest BCUT2D eigenvalue weighted by atomic mass is 19.1. The normalized spacial score (nSPS) is 13.3. The van der Waals surface area contributed by atoms with Gasteiger partial charge in [0, 0.05) is 29.5 Å². The van der Waals surface area contributed by atoms with Crippen LogP contribution in [0, 0.1) is 5.82 Å². The number of aromatic nitrogens is 1. The third kappa shape index (κ3) is 10.4. The molecule has 2 unspecified atom stereocenters. The van der Waals surface area contributed by atoms with Gasteiger partial charge in [-0.05, 0) is 96.7 Å². The van der Waals surface area contributed by atoms with Crippen LogP contribution in [0.4, 0.5) is 14.0 Å². The van der Waals surface area contributed by atoms with E-state index in [9.17, 15) is 18.8 Å². The standard InChI is InChI=1S/C31H41FN4O5/c1-19(34-28(38)40-30(2,3)4)8-15-24(35-29(39)41-31(5,6)7)18-33-27(37)26-17-22-10-9-21(16-25(22)36-26)20-11-13-23(32)14-12-20/h9-14,16-17,19,24,36H,8,15,18H2,1-7H3,(H,33,37)(H,34,38)(H,35,39). The van der Waals surface area contributed by atoms with E-state index in [0.717, 1.165) is 22.0 Å². The van der Waals surface area contributed by atoms with Crippen LogP contribution in [0.5, 0.6) is 0 Å². The fourth-order valence-corrected chi connectivity index (χ4v) is 4.11. The second-order valence-corrected chi connectivity index (χ2v) is 12.2. The van der Waals surface area contributed by atoms with Gasteiger partial charge in [0.05, 0.1) is 0 Å². The van der Waals surface area contributed by atoms with Crippen molar-refractivity contribution in [2.45, 2.75) is 84.6 Å². The van der Waals surface area contributed by atoms with E-state index < -0.39 is 29.4 Å². The Morgan fingerprint density at radius 1 is 0.829 bits per heavy atom. The lowest BCUT2D eigenvalue weighted by atomic mass is 10.0. The molecule has 222 valence electrons. The predicted octanol–water partition coefficient (Wildman–Crippen LogP) is 6.29. The first-order valence-corrected chi connectivity index (χ1v) is 13.7. The Balaban J connectivity index is 1.65. The SMILES string of the molecule is CC(CCC(CNC(=O)c1cc2ccc(-c3ccc(F)cc3)cc2[nH]1)NC(=O)OC(C)(C)C)NC(=O)OC(C)(C)C. The molecule has 3 aromatic rings. The van der Waals surface area contributed by atoms with Crippen LogP contribution < -0.4 is 16.0 Å². The van der Waals surface area contributed by atoms with Gasteiger partial charge in [-0.25, -0.2) is 14.0 Å². The third-order valence-electron chi connectivity index (χ3n) is 5.99. The van der Waals surface area contributed by atoms with Crippen molar-refractivity contribution in [3.05, 3.63) is 60.0 Å². The van der Waals surface area contributed by atoms with Crippen molar-refractivity contribution in [3.63, 3.8) is 0 Å². The van der Waals surface area contributed by atoms with E-state index in [0.29, 0.717) is 18.5 Å². The number of H-pyrrole nitrogens is 1. The second-order valence-electron chi connectivity index (χ2n) is 12.2. The first kappa shape index (κ1) is 31.4. The molecule has 3 amide bonds. The number of nitrogens with one attached hydrogen (secondary N) is 4. The van der Waals surface area contributed by atoms with E-state index in [2.05, 4.69) is 20.9 Å². The smallest absolute Gasteiger partial charge is 0.407 e. The average molecular weight is 569 g/mol. The molecular formula is C31H41FN4O5. The molecule has 4 N–H and O–H groups in total. The van der Waals surface area contributed by atoms with Gasteiger partial charge in [-0.2, -0.15) is 0 Å². The van der Waals surface area contributed by atoms with Crippen LogP contribution in [0.3, 0.4) is 0 Å². The molecule has 0 saturated heterocycles. The lowest BCUT2D eigenvalue weighted by Crippen LogP contribution is -2.46. The van der Waals surface area contributed by atoms with Gasteiger partial charge in [-0.1, -0.05) is 24.3 Å². The fourth-order valence-electron chi connectivity index (χ4n) is 4.11.